The van der Waals surface area contributed by atoms with Crippen molar-refractivity contribution in [2.75, 3.05) is 13.2 Å². The molecule has 23 heavy (non-hydrogen) atoms. The molecule has 0 aromatic carbocycles. The van der Waals surface area contributed by atoms with Crippen molar-refractivity contribution in [2.24, 2.45) is 0 Å². The summed E-state index contributed by atoms with van der Waals surface area (Å²) in [6.45, 7) is 3.44. The smallest absolute Gasteiger partial charge is 0.381 e. The molecule has 2 aromatic heterocycles. The quantitative estimate of drug-likeness (QED) is 0.862. The minimum Gasteiger partial charge on any atom is -0.381 e. The second kappa shape index (κ2) is 5.95. The monoisotopic (exact) mass is 330 g/mol. The minimum atomic E-state index is -4.30. The zero-order chi connectivity index (χ0) is 16.6. The van der Waals surface area contributed by atoms with E-state index in [4.69, 9.17) is 9.26 Å². The number of alkyl halides is 3. The summed E-state index contributed by atoms with van der Waals surface area (Å²) in [5, 5.41) is 7.91. The normalized spacial score (nSPS) is 18.7. The number of hydrogen-bond acceptors (Lipinski definition) is 5. The molecule has 1 aliphatic rings. The van der Waals surface area contributed by atoms with Crippen LogP contribution in [-0.2, 0) is 17.7 Å². The van der Waals surface area contributed by atoms with Gasteiger partial charge in [-0.15, -0.1) is 0 Å². The number of ether oxygens (including phenoxy) is 1. The van der Waals surface area contributed by atoms with Crippen LogP contribution in [0.2, 0.25) is 0 Å². The SMILES string of the molecule is Cc1nn(CC(F)(F)F)c(C)c1Cc1nc([C@@H]2CCOC2)no1. The van der Waals surface area contributed by atoms with E-state index in [9.17, 15) is 13.2 Å². The van der Waals surface area contributed by atoms with Gasteiger partial charge < -0.3 is 9.26 Å². The highest BCUT2D eigenvalue weighted by Gasteiger charge is 2.30. The van der Waals surface area contributed by atoms with E-state index in [2.05, 4.69) is 15.2 Å². The van der Waals surface area contributed by atoms with Crippen LogP contribution in [0.3, 0.4) is 0 Å². The van der Waals surface area contributed by atoms with E-state index in [-0.39, 0.29) is 12.3 Å². The third-order valence-electron chi connectivity index (χ3n) is 3.97. The van der Waals surface area contributed by atoms with E-state index >= 15 is 0 Å². The topological polar surface area (TPSA) is 66.0 Å². The Balaban J connectivity index is 1.77. The third-order valence-corrected chi connectivity index (χ3v) is 3.97. The number of rotatable bonds is 4. The lowest BCUT2D eigenvalue weighted by molar-refractivity contribution is -0.142. The number of nitrogens with zero attached hydrogens (tertiary/aromatic N) is 4. The summed E-state index contributed by atoms with van der Waals surface area (Å²) in [6, 6.07) is 0. The van der Waals surface area contributed by atoms with E-state index in [1.165, 1.54) is 0 Å². The molecule has 1 atom stereocenters. The first kappa shape index (κ1) is 16.0. The van der Waals surface area contributed by atoms with Crippen LogP contribution in [-0.4, -0.2) is 39.3 Å². The Kier molecular flexibility index (Phi) is 4.13. The van der Waals surface area contributed by atoms with Crippen LogP contribution in [0.25, 0.3) is 0 Å². The molecule has 0 N–H and O–H groups in total. The fraction of sp³-hybridized carbons (Fsp3) is 0.643. The van der Waals surface area contributed by atoms with Crippen LogP contribution < -0.4 is 0 Å². The molecule has 6 nitrogen and oxygen atoms in total. The van der Waals surface area contributed by atoms with Gasteiger partial charge in [0.15, 0.2) is 5.82 Å². The lowest BCUT2D eigenvalue weighted by Gasteiger charge is -2.08. The maximum atomic E-state index is 12.6. The van der Waals surface area contributed by atoms with Crippen molar-refractivity contribution in [2.45, 2.75) is 45.3 Å². The van der Waals surface area contributed by atoms with Gasteiger partial charge in [-0.2, -0.15) is 23.3 Å². The summed E-state index contributed by atoms with van der Waals surface area (Å²) in [5.74, 6) is 1.10. The molecular formula is C14H17F3N4O2. The third kappa shape index (κ3) is 3.54. The first-order chi connectivity index (χ1) is 10.8. The van der Waals surface area contributed by atoms with Gasteiger partial charge in [0.2, 0.25) is 5.89 Å². The Labute approximate surface area is 130 Å². The number of aromatic nitrogens is 4. The molecular weight excluding hydrogens is 313 g/mol. The predicted molar refractivity (Wildman–Crippen MR) is 73.0 cm³/mol. The van der Waals surface area contributed by atoms with Gasteiger partial charge in [0.1, 0.15) is 6.54 Å². The molecule has 1 saturated heterocycles. The average Bonchev–Trinajstić information content (AvgIpc) is 3.15. The molecule has 0 saturated carbocycles. The van der Waals surface area contributed by atoms with Crippen molar-refractivity contribution >= 4 is 0 Å². The summed E-state index contributed by atoms with van der Waals surface area (Å²) in [5.41, 5.74) is 1.69. The highest BCUT2D eigenvalue weighted by atomic mass is 19.4. The van der Waals surface area contributed by atoms with E-state index in [1.54, 1.807) is 13.8 Å². The van der Waals surface area contributed by atoms with Crippen molar-refractivity contribution in [3.63, 3.8) is 0 Å². The lowest BCUT2D eigenvalue weighted by atomic mass is 10.1. The summed E-state index contributed by atoms with van der Waals surface area (Å²) in [4.78, 5) is 4.34. The van der Waals surface area contributed by atoms with E-state index < -0.39 is 12.7 Å². The Hall–Kier alpha value is -1.90. The standard InChI is InChI=1S/C14H17F3N4O2/c1-8-11(9(2)21(19-8)7-14(15,16)17)5-12-18-13(20-23-12)10-3-4-22-6-10/h10H,3-7H2,1-2H3/t10-/m1/s1. The summed E-state index contributed by atoms with van der Waals surface area (Å²) in [7, 11) is 0. The van der Waals surface area contributed by atoms with Gasteiger partial charge in [-0.25, -0.2) is 0 Å². The van der Waals surface area contributed by atoms with Crippen LogP contribution in [0.15, 0.2) is 4.52 Å². The molecule has 0 spiro atoms. The molecule has 3 rings (SSSR count). The van der Waals surface area contributed by atoms with Crippen LogP contribution in [0.5, 0.6) is 0 Å². The molecule has 9 heteroatoms. The van der Waals surface area contributed by atoms with E-state index in [0.29, 0.717) is 41.9 Å². The largest absolute Gasteiger partial charge is 0.408 e. The molecule has 0 aliphatic carbocycles. The Morgan fingerprint density at radius 3 is 2.74 bits per heavy atom. The lowest BCUT2D eigenvalue weighted by Crippen LogP contribution is -2.19. The molecule has 0 bridgehead atoms. The van der Waals surface area contributed by atoms with Gasteiger partial charge in [-0.1, -0.05) is 5.16 Å². The first-order valence-corrected chi connectivity index (χ1v) is 7.33. The molecule has 1 aliphatic heterocycles. The van der Waals surface area contributed by atoms with Crippen LogP contribution in [0.4, 0.5) is 13.2 Å². The molecule has 1 fully saturated rings. The van der Waals surface area contributed by atoms with Gasteiger partial charge in [-0.05, 0) is 20.3 Å². The van der Waals surface area contributed by atoms with Crippen molar-refractivity contribution in [1.82, 2.24) is 19.9 Å². The fourth-order valence-electron chi connectivity index (χ4n) is 2.71. The van der Waals surface area contributed by atoms with Crippen molar-refractivity contribution in [3.8, 4) is 0 Å². The van der Waals surface area contributed by atoms with E-state index in [1.807, 2.05) is 0 Å². The summed E-state index contributed by atoms with van der Waals surface area (Å²) < 4.78 is 49.1. The number of hydrogen-bond donors (Lipinski definition) is 0. The van der Waals surface area contributed by atoms with E-state index in [0.717, 1.165) is 11.1 Å². The highest BCUT2D eigenvalue weighted by Crippen LogP contribution is 2.25. The van der Waals surface area contributed by atoms with Crippen molar-refractivity contribution < 1.29 is 22.4 Å². The average molecular weight is 330 g/mol. The number of halogens is 3. The molecule has 2 aromatic rings. The maximum Gasteiger partial charge on any atom is 0.408 e. The Morgan fingerprint density at radius 2 is 2.09 bits per heavy atom. The number of aryl methyl sites for hydroxylation is 1. The molecule has 3 heterocycles. The second-order valence-corrected chi connectivity index (χ2v) is 5.71. The van der Waals surface area contributed by atoms with Gasteiger partial charge in [0, 0.05) is 23.8 Å². The molecule has 0 unspecified atom stereocenters. The molecule has 126 valence electrons. The van der Waals surface area contributed by atoms with Gasteiger partial charge in [0.05, 0.1) is 18.7 Å². The maximum absolute atomic E-state index is 12.6. The highest BCUT2D eigenvalue weighted by molar-refractivity contribution is 5.27. The first-order valence-electron chi connectivity index (χ1n) is 7.33. The van der Waals surface area contributed by atoms with Gasteiger partial charge >= 0.3 is 6.18 Å². The van der Waals surface area contributed by atoms with Crippen LogP contribution in [0.1, 0.15) is 41.0 Å². The molecule has 0 amide bonds. The Morgan fingerprint density at radius 1 is 1.30 bits per heavy atom. The van der Waals surface area contributed by atoms with Crippen molar-refractivity contribution in [1.29, 1.82) is 0 Å². The second-order valence-electron chi connectivity index (χ2n) is 5.71. The van der Waals surface area contributed by atoms with Gasteiger partial charge in [0.25, 0.3) is 0 Å². The zero-order valence-electron chi connectivity index (χ0n) is 12.9. The predicted octanol–water partition coefficient (Wildman–Crippen LogP) is 2.54. The van der Waals surface area contributed by atoms with Crippen LogP contribution >= 0.6 is 0 Å². The zero-order valence-corrected chi connectivity index (χ0v) is 12.9. The summed E-state index contributed by atoms with van der Waals surface area (Å²) in [6.07, 6.45) is -3.18. The fourth-order valence-corrected chi connectivity index (χ4v) is 2.71. The Bertz CT molecular complexity index is 687. The van der Waals surface area contributed by atoms with Crippen LogP contribution in [0, 0.1) is 13.8 Å². The van der Waals surface area contributed by atoms with Gasteiger partial charge in [-0.3, -0.25) is 4.68 Å². The minimum absolute atomic E-state index is 0.127. The van der Waals surface area contributed by atoms with Crippen molar-refractivity contribution in [3.05, 3.63) is 28.7 Å². The molecule has 0 radical (unpaired) electrons. The summed E-state index contributed by atoms with van der Waals surface area (Å²) >= 11 is 0.